The number of carbonyl (C=O) groups excluding carboxylic acids is 3. The number of hydrogen-bond donors (Lipinski definition) is 1. The van der Waals surface area contributed by atoms with Crippen LogP contribution in [0.5, 0.6) is 11.5 Å². The first-order chi connectivity index (χ1) is 16.8. The summed E-state index contributed by atoms with van der Waals surface area (Å²) in [6, 6.07) is 6.86. The Hall–Kier alpha value is -3.82. The Labute approximate surface area is 202 Å². The molecule has 2 saturated carbocycles. The van der Waals surface area contributed by atoms with Gasteiger partial charge < -0.3 is 19.5 Å². The largest absolute Gasteiger partial charge is 0.497 e. The summed E-state index contributed by atoms with van der Waals surface area (Å²) in [4.78, 5) is 42.0. The maximum absolute atomic E-state index is 13.0. The molecule has 2 aliphatic carbocycles. The van der Waals surface area contributed by atoms with E-state index in [1.54, 1.807) is 31.4 Å². The highest BCUT2D eigenvalue weighted by molar-refractivity contribution is 5.97. The van der Waals surface area contributed by atoms with Gasteiger partial charge in [0, 0.05) is 36.4 Å². The van der Waals surface area contributed by atoms with Crippen LogP contribution in [0, 0.1) is 11.8 Å². The van der Waals surface area contributed by atoms with Gasteiger partial charge in [0.2, 0.25) is 5.91 Å². The van der Waals surface area contributed by atoms with E-state index in [9.17, 15) is 14.4 Å². The van der Waals surface area contributed by atoms with Gasteiger partial charge in [0.1, 0.15) is 22.7 Å². The molecule has 0 aliphatic heterocycles. The van der Waals surface area contributed by atoms with Crippen LogP contribution < -0.4 is 14.8 Å². The first-order valence-electron chi connectivity index (χ1n) is 11.4. The Morgan fingerprint density at radius 3 is 2.69 bits per heavy atom. The van der Waals surface area contributed by atoms with Crippen molar-refractivity contribution in [2.45, 2.75) is 37.3 Å². The average molecular weight is 481 g/mol. The molecule has 4 rings (SSSR count). The van der Waals surface area contributed by atoms with E-state index in [2.05, 4.69) is 27.1 Å². The number of rotatable bonds is 8. The molecular formula is C25H28N4O6. The molecule has 10 heteroatoms. The molecule has 1 aromatic carbocycles. The van der Waals surface area contributed by atoms with Gasteiger partial charge >= 0.3 is 11.9 Å². The zero-order valence-corrected chi connectivity index (χ0v) is 19.9. The lowest BCUT2D eigenvalue weighted by molar-refractivity contribution is -0.147. The lowest BCUT2D eigenvalue weighted by Gasteiger charge is -2.20. The number of esters is 1. The van der Waals surface area contributed by atoms with Gasteiger partial charge in [-0.1, -0.05) is 6.08 Å². The van der Waals surface area contributed by atoms with Crippen LogP contribution in [0.2, 0.25) is 0 Å². The Balaban J connectivity index is 1.52. The second kappa shape index (κ2) is 9.81. The molecule has 1 aromatic heterocycles. The molecule has 2 aliphatic rings. The maximum Gasteiger partial charge on any atom is 0.332 e. The van der Waals surface area contributed by atoms with Crippen molar-refractivity contribution in [1.29, 1.82) is 0 Å². The first-order valence-corrected chi connectivity index (χ1v) is 11.4. The van der Waals surface area contributed by atoms with E-state index < -0.39 is 17.4 Å². The summed E-state index contributed by atoms with van der Waals surface area (Å²) in [6.45, 7) is 3.74. The van der Waals surface area contributed by atoms with Gasteiger partial charge in [-0.25, -0.2) is 9.78 Å². The van der Waals surface area contributed by atoms with Crippen molar-refractivity contribution in [1.82, 2.24) is 10.3 Å². The number of benzene rings is 1. The summed E-state index contributed by atoms with van der Waals surface area (Å²) in [5.74, 6) is -0.623. The fourth-order valence-electron chi connectivity index (χ4n) is 4.62. The molecule has 1 unspecified atom stereocenters. The second-order valence-corrected chi connectivity index (χ2v) is 8.74. The van der Waals surface area contributed by atoms with Gasteiger partial charge in [-0.15, -0.1) is 11.7 Å². The molecule has 1 heterocycles. The first kappa shape index (κ1) is 24.3. The molecule has 2 fully saturated rings. The molecule has 2 amide bonds. The summed E-state index contributed by atoms with van der Waals surface area (Å²) >= 11 is 0. The predicted octanol–water partition coefficient (Wildman–Crippen LogP) is 3.25. The molecule has 2 aromatic rings. The van der Waals surface area contributed by atoms with Crippen LogP contribution in [0.4, 0.5) is 0 Å². The standard InChI is InChI=1S/C25H28N4O6/c1-5-15-13-25(15,24(32)34-4)28-22(30)14-6-7-17(10-14)35-21-12-20(23(31)29-26-2)27-19-11-16(33-3)8-9-18(19)21/h5,8-9,11-12,14-15,17H,1,6-7,10,13H2,2-4H3,(H,28,30)/t14-,15-,17?,25+/m0/s1. The van der Waals surface area contributed by atoms with Crippen molar-refractivity contribution in [2.24, 2.45) is 22.1 Å². The topological polar surface area (TPSA) is 129 Å². The number of hydrogen-bond acceptors (Lipinski definition) is 8. The van der Waals surface area contributed by atoms with E-state index in [-0.39, 0.29) is 29.5 Å². The fourth-order valence-corrected chi connectivity index (χ4v) is 4.62. The van der Waals surface area contributed by atoms with Gasteiger partial charge in [0.25, 0.3) is 0 Å². The Bertz CT molecular complexity index is 1210. The molecule has 10 nitrogen and oxygen atoms in total. The summed E-state index contributed by atoms with van der Waals surface area (Å²) in [5.41, 5.74) is -0.397. The van der Waals surface area contributed by atoms with Gasteiger partial charge in [0.05, 0.1) is 25.8 Å². The number of ether oxygens (including phenoxy) is 3. The number of nitrogens with one attached hydrogen (secondary N) is 1. The molecule has 184 valence electrons. The van der Waals surface area contributed by atoms with E-state index in [4.69, 9.17) is 14.2 Å². The lowest BCUT2D eigenvalue weighted by atomic mass is 10.1. The molecule has 35 heavy (non-hydrogen) atoms. The number of nitrogens with zero attached hydrogens (tertiary/aromatic N) is 3. The summed E-state index contributed by atoms with van der Waals surface area (Å²) in [7, 11) is 4.27. The van der Waals surface area contributed by atoms with Gasteiger partial charge in [-0.05, 0) is 37.8 Å². The van der Waals surface area contributed by atoms with Crippen LogP contribution in [-0.4, -0.2) is 55.7 Å². The molecule has 0 saturated heterocycles. The zero-order chi connectivity index (χ0) is 25.2. The van der Waals surface area contributed by atoms with Crippen molar-refractivity contribution in [2.75, 3.05) is 21.3 Å². The highest BCUT2D eigenvalue weighted by atomic mass is 16.5. The highest BCUT2D eigenvalue weighted by Crippen LogP contribution is 2.46. The molecule has 0 spiro atoms. The third kappa shape index (κ3) is 4.73. The van der Waals surface area contributed by atoms with E-state index in [0.717, 1.165) is 0 Å². The monoisotopic (exact) mass is 480 g/mol. The van der Waals surface area contributed by atoms with Crippen LogP contribution in [0.3, 0.4) is 0 Å². The maximum atomic E-state index is 13.0. The predicted molar refractivity (Wildman–Crippen MR) is 126 cm³/mol. The third-order valence-corrected chi connectivity index (χ3v) is 6.63. The van der Waals surface area contributed by atoms with Crippen LogP contribution in [0.15, 0.2) is 47.1 Å². The quantitative estimate of drug-likeness (QED) is 0.349. The molecule has 0 radical (unpaired) electrons. The molecule has 4 atom stereocenters. The minimum absolute atomic E-state index is 0.0999. The number of methoxy groups -OCH3 is 2. The highest BCUT2D eigenvalue weighted by Gasteiger charge is 2.61. The van der Waals surface area contributed by atoms with Gasteiger partial charge in [0.15, 0.2) is 0 Å². The zero-order valence-electron chi connectivity index (χ0n) is 19.9. The van der Waals surface area contributed by atoms with Crippen molar-refractivity contribution >= 4 is 28.7 Å². The van der Waals surface area contributed by atoms with E-state index in [1.165, 1.54) is 14.2 Å². The lowest BCUT2D eigenvalue weighted by Crippen LogP contribution is -2.47. The smallest absolute Gasteiger partial charge is 0.332 e. The van der Waals surface area contributed by atoms with Crippen LogP contribution >= 0.6 is 0 Å². The van der Waals surface area contributed by atoms with Crippen molar-refractivity contribution in [3.8, 4) is 11.5 Å². The minimum atomic E-state index is -1.02. The second-order valence-electron chi connectivity index (χ2n) is 8.74. The SMILES string of the molecule is C=C[C@H]1C[C@]1(NC(=O)[C@H]1CCC(Oc2cc(C(=O)N=NC)nc3cc(OC)ccc23)C1)C(=O)OC. The number of amides is 2. The van der Waals surface area contributed by atoms with Crippen LogP contribution in [-0.2, 0) is 14.3 Å². The molecule has 0 bridgehead atoms. The van der Waals surface area contributed by atoms with Gasteiger partial charge in [-0.3, -0.25) is 9.59 Å². The Kier molecular flexibility index (Phi) is 6.81. The summed E-state index contributed by atoms with van der Waals surface area (Å²) in [6.07, 6.45) is 3.63. The number of carbonyl (C=O) groups is 3. The molecule has 1 N–H and O–H groups in total. The summed E-state index contributed by atoms with van der Waals surface area (Å²) < 4.78 is 16.4. The van der Waals surface area contributed by atoms with Gasteiger partial charge in [-0.2, -0.15) is 5.11 Å². The van der Waals surface area contributed by atoms with Crippen LogP contribution in [0.1, 0.15) is 36.2 Å². The minimum Gasteiger partial charge on any atom is -0.497 e. The fraction of sp³-hybridized carbons (Fsp3) is 0.440. The van der Waals surface area contributed by atoms with E-state index in [1.807, 2.05) is 6.07 Å². The van der Waals surface area contributed by atoms with E-state index >= 15 is 0 Å². The molecular weight excluding hydrogens is 452 g/mol. The average Bonchev–Trinajstić information content (AvgIpc) is 3.38. The third-order valence-electron chi connectivity index (χ3n) is 6.63. The van der Waals surface area contributed by atoms with Crippen molar-refractivity contribution in [3.05, 3.63) is 42.6 Å². The van der Waals surface area contributed by atoms with E-state index in [0.29, 0.717) is 48.1 Å². The number of aromatic nitrogens is 1. The Morgan fingerprint density at radius 1 is 1.23 bits per heavy atom. The van der Waals surface area contributed by atoms with Crippen LogP contribution in [0.25, 0.3) is 10.9 Å². The normalized spacial score (nSPS) is 25.3. The van der Waals surface area contributed by atoms with Crippen molar-refractivity contribution < 1.29 is 28.6 Å². The summed E-state index contributed by atoms with van der Waals surface area (Å²) in [5, 5.41) is 10.7. The number of pyridine rings is 1. The van der Waals surface area contributed by atoms with Crippen molar-refractivity contribution in [3.63, 3.8) is 0 Å². The number of fused-ring (bicyclic) bond motifs is 1. The number of azo groups is 1. The Morgan fingerprint density at radius 2 is 2.03 bits per heavy atom.